The number of fused-ring (bicyclic) bond motifs is 1. The summed E-state index contributed by atoms with van der Waals surface area (Å²) in [6.45, 7) is 2.66. The minimum atomic E-state index is -0.617. The highest BCUT2D eigenvalue weighted by molar-refractivity contribution is 5.95. The lowest BCUT2D eigenvalue weighted by Crippen LogP contribution is -2.57. The Morgan fingerprint density at radius 2 is 1.82 bits per heavy atom. The smallest absolute Gasteiger partial charge is 0.305 e. The van der Waals surface area contributed by atoms with E-state index in [0.29, 0.717) is 31.4 Å². The van der Waals surface area contributed by atoms with Gasteiger partial charge in [0.1, 0.15) is 12.1 Å². The Morgan fingerprint density at radius 1 is 1.05 bits per heavy atom. The number of esters is 1. The fourth-order valence-electron chi connectivity index (χ4n) is 5.10. The van der Waals surface area contributed by atoms with E-state index >= 15 is 0 Å². The van der Waals surface area contributed by atoms with Crippen LogP contribution in [-0.2, 0) is 30.5 Å². The first-order valence-electron chi connectivity index (χ1n) is 13.8. The Hall–Kier alpha value is -3.47. The van der Waals surface area contributed by atoms with E-state index in [0.717, 1.165) is 37.7 Å². The minimum Gasteiger partial charge on any atom is -0.466 e. The number of carbonyl (C=O) groups is 5. The van der Waals surface area contributed by atoms with Gasteiger partial charge in [0.25, 0.3) is 5.91 Å². The van der Waals surface area contributed by atoms with Gasteiger partial charge >= 0.3 is 5.97 Å². The number of ether oxygens (including phenoxy) is 1. The van der Waals surface area contributed by atoms with Crippen molar-refractivity contribution in [2.75, 3.05) is 20.7 Å². The summed E-state index contributed by atoms with van der Waals surface area (Å²) in [6, 6.07) is 5.53. The fraction of sp³-hybridized carbons (Fsp3) is 0.607. The van der Waals surface area contributed by atoms with Crippen molar-refractivity contribution in [1.82, 2.24) is 26.2 Å². The Bertz CT molecular complexity index is 1040. The Labute approximate surface area is 229 Å². The standard InChI is InChI=1S/C24H35N5O4.C4H6O2/c1-15(25-2)21(30)28-19-10-5-4-9-18-11-12-20(29(18)24(19)33)23(32)27-14-16-7-6-8-17(13-16)22(31)26-3;5-4-2-1-3-6-4/h6-8,13,15,18-20,25H,4-5,9-12,14H2,1-3H3,(H,26,31)(H,27,32)(H,28,30);1-3H2. The van der Waals surface area contributed by atoms with E-state index in [1.807, 2.05) is 6.07 Å². The molecule has 3 fully saturated rings. The van der Waals surface area contributed by atoms with Crippen LogP contribution in [0.25, 0.3) is 0 Å². The normalized spacial score (nSPS) is 23.3. The Morgan fingerprint density at radius 3 is 2.46 bits per heavy atom. The first kappa shape index (κ1) is 30.1. The number of nitrogens with zero attached hydrogens (tertiary/aromatic N) is 1. The summed E-state index contributed by atoms with van der Waals surface area (Å²) in [5.74, 6) is -0.825. The molecule has 4 atom stereocenters. The highest BCUT2D eigenvalue weighted by atomic mass is 16.5. The van der Waals surface area contributed by atoms with Gasteiger partial charge in [-0.2, -0.15) is 0 Å². The van der Waals surface area contributed by atoms with Gasteiger partial charge in [0.15, 0.2) is 0 Å². The summed E-state index contributed by atoms with van der Waals surface area (Å²) in [4.78, 5) is 62.5. The number of likely N-dealkylation sites (N-methyl/N-ethyl adjacent to an activating group) is 1. The minimum absolute atomic E-state index is 0.0197. The molecule has 11 heteroatoms. The zero-order valence-electron chi connectivity index (χ0n) is 23.1. The van der Waals surface area contributed by atoms with E-state index in [2.05, 4.69) is 26.0 Å². The molecule has 39 heavy (non-hydrogen) atoms. The van der Waals surface area contributed by atoms with Crippen molar-refractivity contribution in [3.63, 3.8) is 0 Å². The van der Waals surface area contributed by atoms with Gasteiger partial charge in [-0.15, -0.1) is 0 Å². The third-order valence-electron chi connectivity index (χ3n) is 7.45. The lowest BCUT2D eigenvalue weighted by atomic mass is 9.98. The highest BCUT2D eigenvalue weighted by Crippen LogP contribution is 2.31. The van der Waals surface area contributed by atoms with Gasteiger partial charge < -0.3 is 30.9 Å². The molecule has 214 valence electrons. The van der Waals surface area contributed by atoms with Gasteiger partial charge in [0, 0.05) is 31.6 Å². The summed E-state index contributed by atoms with van der Waals surface area (Å²) in [6.07, 6.45) is 6.20. The number of amides is 4. The van der Waals surface area contributed by atoms with E-state index < -0.39 is 18.1 Å². The molecule has 4 unspecified atom stereocenters. The first-order chi connectivity index (χ1) is 18.7. The second-order valence-electron chi connectivity index (χ2n) is 10.2. The van der Waals surface area contributed by atoms with Gasteiger partial charge in [-0.05, 0) is 63.8 Å². The van der Waals surface area contributed by atoms with Crippen molar-refractivity contribution < 1.29 is 28.7 Å². The van der Waals surface area contributed by atoms with Crippen molar-refractivity contribution in [3.8, 4) is 0 Å². The Kier molecular flexibility index (Phi) is 11.3. The SMILES string of the molecule is CNC(=O)c1cccc(CNC(=O)C2CCC3CCCCC(NC(=O)C(C)NC)C(=O)N32)c1.O=C1CCCO1. The summed E-state index contributed by atoms with van der Waals surface area (Å²) in [7, 11) is 3.27. The average Bonchev–Trinajstić information content (AvgIpc) is 3.60. The van der Waals surface area contributed by atoms with Crippen LogP contribution in [0.1, 0.15) is 74.2 Å². The van der Waals surface area contributed by atoms with Gasteiger partial charge in [0.2, 0.25) is 17.7 Å². The summed E-state index contributed by atoms with van der Waals surface area (Å²) >= 11 is 0. The number of carbonyl (C=O) groups excluding carboxylic acids is 5. The molecule has 0 aromatic heterocycles. The lowest BCUT2D eigenvalue weighted by molar-refractivity contribution is -0.144. The molecule has 3 aliphatic rings. The number of nitrogens with one attached hydrogen (secondary N) is 4. The van der Waals surface area contributed by atoms with Crippen LogP contribution in [0.4, 0.5) is 0 Å². The quantitative estimate of drug-likeness (QED) is 0.376. The fourth-order valence-corrected chi connectivity index (χ4v) is 5.10. The first-order valence-corrected chi connectivity index (χ1v) is 13.8. The van der Waals surface area contributed by atoms with E-state index in [4.69, 9.17) is 0 Å². The van der Waals surface area contributed by atoms with Crippen LogP contribution in [0.5, 0.6) is 0 Å². The van der Waals surface area contributed by atoms with Crippen LogP contribution >= 0.6 is 0 Å². The van der Waals surface area contributed by atoms with Gasteiger partial charge in [-0.3, -0.25) is 24.0 Å². The maximum Gasteiger partial charge on any atom is 0.305 e. The molecule has 0 saturated carbocycles. The van der Waals surface area contributed by atoms with Gasteiger partial charge in [-0.25, -0.2) is 0 Å². The number of hydrogen-bond acceptors (Lipinski definition) is 7. The largest absolute Gasteiger partial charge is 0.466 e. The lowest BCUT2D eigenvalue weighted by Gasteiger charge is -2.35. The van der Waals surface area contributed by atoms with Crippen molar-refractivity contribution in [1.29, 1.82) is 0 Å². The van der Waals surface area contributed by atoms with Crippen LogP contribution in [-0.4, -0.2) is 79.4 Å². The van der Waals surface area contributed by atoms with E-state index in [9.17, 15) is 24.0 Å². The van der Waals surface area contributed by atoms with Crippen molar-refractivity contribution in [2.45, 2.75) is 89.0 Å². The summed E-state index contributed by atoms with van der Waals surface area (Å²) in [5, 5.41) is 11.3. The van der Waals surface area contributed by atoms with Crippen molar-refractivity contribution in [2.24, 2.45) is 0 Å². The molecule has 3 heterocycles. The maximum atomic E-state index is 13.4. The molecule has 0 aliphatic carbocycles. The molecule has 4 N–H and O–H groups in total. The monoisotopic (exact) mass is 543 g/mol. The molecular weight excluding hydrogens is 502 g/mol. The zero-order chi connectivity index (χ0) is 28.4. The average molecular weight is 544 g/mol. The molecule has 11 nitrogen and oxygen atoms in total. The third-order valence-corrected chi connectivity index (χ3v) is 7.45. The highest BCUT2D eigenvalue weighted by Gasteiger charge is 2.43. The summed E-state index contributed by atoms with van der Waals surface area (Å²) < 4.78 is 4.51. The predicted molar refractivity (Wildman–Crippen MR) is 144 cm³/mol. The maximum absolute atomic E-state index is 13.4. The van der Waals surface area contributed by atoms with Crippen LogP contribution < -0.4 is 21.3 Å². The molecule has 1 aromatic rings. The van der Waals surface area contributed by atoms with Crippen LogP contribution in [0.15, 0.2) is 24.3 Å². The molecule has 0 bridgehead atoms. The van der Waals surface area contributed by atoms with Gasteiger partial charge in [0.05, 0.1) is 12.6 Å². The Balaban J connectivity index is 0.000000617. The molecule has 3 saturated heterocycles. The molecule has 0 spiro atoms. The van der Waals surface area contributed by atoms with Crippen LogP contribution in [0, 0.1) is 0 Å². The topological polar surface area (TPSA) is 146 Å². The number of benzene rings is 1. The summed E-state index contributed by atoms with van der Waals surface area (Å²) in [5.41, 5.74) is 1.34. The zero-order valence-corrected chi connectivity index (χ0v) is 23.1. The van der Waals surface area contributed by atoms with E-state index in [1.54, 1.807) is 44.1 Å². The number of rotatable bonds is 7. The predicted octanol–water partition coefficient (Wildman–Crippen LogP) is 1.01. The van der Waals surface area contributed by atoms with Crippen molar-refractivity contribution in [3.05, 3.63) is 35.4 Å². The molecule has 4 rings (SSSR count). The molecule has 3 aliphatic heterocycles. The molecule has 1 aromatic carbocycles. The third kappa shape index (κ3) is 8.26. The van der Waals surface area contributed by atoms with Crippen LogP contribution in [0.3, 0.4) is 0 Å². The second kappa shape index (κ2) is 14.6. The molecule has 4 amide bonds. The van der Waals surface area contributed by atoms with E-state index in [1.165, 1.54) is 0 Å². The number of hydrogen-bond donors (Lipinski definition) is 4. The van der Waals surface area contributed by atoms with Crippen molar-refractivity contribution >= 4 is 29.6 Å². The second-order valence-corrected chi connectivity index (χ2v) is 10.2. The van der Waals surface area contributed by atoms with Crippen LogP contribution in [0.2, 0.25) is 0 Å². The molecular formula is C28H41N5O6. The van der Waals surface area contributed by atoms with Gasteiger partial charge in [-0.1, -0.05) is 25.0 Å². The molecule has 0 radical (unpaired) electrons. The number of cyclic esters (lactones) is 1. The van der Waals surface area contributed by atoms with E-state index in [-0.39, 0.29) is 42.2 Å².